The molecule has 33 heavy (non-hydrogen) atoms. The minimum atomic E-state index is -0.435. The summed E-state index contributed by atoms with van der Waals surface area (Å²) in [4.78, 5) is 16.4. The van der Waals surface area contributed by atoms with Gasteiger partial charge in [-0.2, -0.15) is 0 Å². The monoisotopic (exact) mass is 445 g/mol. The van der Waals surface area contributed by atoms with Crippen molar-refractivity contribution in [2.75, 3.05) is 19.6 Å². The van der Waals surface area contributed by atoms with Gasteiger partial charge in [0.05, 0.1) is 5.41 Å². The highest BCUT2D eigenvalue weighted by Gasteiger charge is 2.48. The number of ether oxygens (including phenoxy) is 1. The first-order valence-corrected chi connectivity index (χ1v) is 13.3. The highest BCUT2D eigenvalue weighted by atomic mass is 16.5. The first kappa shape index (κ1) is 22.7. The summed E-state index contributed by atoms with van der Waals surface area (Å²) in [6.07, 6.45) is 11.3. The summed E-state index contributed by atoms with van der Waals surface area (Å²) in [7, 11) is 0. The molecule has 2 aliphatic carbocycles. The van der Waals surface area contributed by atoms with Crippen LogP contribution in [0.3, 0.4) is 0 Å². The molecule has 3 heteroatoms. The van der Waals surface area contributed by atoms with Gasteiger partial charge in [0.2, 0.25) is 0 Å². The van der Waals surface area contributed by atoms with Gasteiger partial charge in [-0.25, -0.2) is 0 Å². The van der Waals surface area contributed by atoms with Crippen LogP contribution in [0.5, 0.6) is 0 Å². The summed E-state index contributed by atoms with van der Waals surface area (Å²) >= 11 is 0. The van der Waals surface area contributed by atoms with Crippen LogP contribution in [0.2, 0.25) is 0 Å². The number of rotatable bonds is 6. The van der Waals surface area contributed by atoms with Gasteiger partial charge in [-0.1, -0.05) is 86.3 Å². The number of nitrogens with zero attached hydrogens (tertiary/aromatic N) is 1. The third-order valence-corrected chi connectivity index (χ3v) is 8.71. The average molecular weight is 446 g/mol. The number of esters is 1. The summed E-state index contributed by atoms with van der Waals surface area (Å²) in [5.41, 5.74) is 2.15. The topological polar surface area (TPSA) is 29.5 Å². The molecule has 1 aliphatic heterocycles. The summed E-state index contributed by atoms with van der Waals surface area (Å²) in [5.74, 6) is 1.34. The number of carbonyl (C=O) groups excluding carboxylic acids is 1. The second kappa shape index (κ2) is 10.4. The first-order chi connectivity index (χ1) is 16.2. The van der Waals surface area contributed by atoms with Gasteiger partial charge in [0.25, 0.3) is 0 Å². The molecule has 2 unspecified atom stereocenters. The van der Waals surface area contributed by atoms with E-state index in [1.54, 1.807) is 0 Å². The van der Waals surface area contributed by atoms with Crippen LogP contribution in [0.15, 0.2) is 60.7 Å². The molecule has 3 aliphatic rings. The van der Waals surface area contributed by atoms with E-state index in [9.17, 15) is 4.79 Å². The molecule has 0 aromatic heterocycles. The fraction of sp³-hybridized carbons (Fsp3) is 0.567. The van der Waals surface area contributed by atoms with Crippen molar-refractivity contribution >= 4 is 5.97 Å². The standard InChI is InChI=1S/C30H39NO2/c32-29(30(18-9-1-2-10-19-30)26-13-7-4-8-14-26)33-28-23-25-16-21-31(22-17-27(25)28)20-15-24-11-5-3-6-12-24/h3-8,11-14,25,27-28H,1-2,9-10,15-23H2/t25?,27?,28-/m0/s1. The lowest BCUT2D eigenvalue weighted by Gasteiger charge is -2.45. The van der Waals surface area contributed by atoms with Gasteiger partial charge in [0, 0.05) is 12.5 Å². The molecule has 0 N–H and O–H groups in total. The van der Waals surface area contributed by atoms with Crippen LogP contribution in [0.25, 0.3) is 0 Å². The molecule has 3 nitrogen and oxygen atoms in total. The van der Waals surface area contributed by atoms with Crippen LogP contribution < -0.4 is 0 Å². The van der Waals surface area contributed by atoms with Gasteiger partial charge < -0.3 is 9.64 Å². The van der Waals surface area contributed by atoms with Gasteiger partial charge >= 0.3 is 5.97 Å². The maximum atomic E-state index is 13.7. The molecular weight excluding hydrogens is 406 g/mol. The molecule has 176 valence electrons. The SMILES string of the molecule is O=C(O[C@H]1CC2CCN(CCc3ccccc3)CCC21)C1(c2ccccc2)CCCCCC1. The quantitative estimate of drug-likeness (QED) is 0.394. The summed E-state index contributed by atoms with van der Waals surface area (Å²) < 4.78 is 6.37. The maximum Gasteiger partial charge on any atom is 0.316 e. The fourth-order valence-corrected chi connectivity index (χ4v) is 6.54. The fourth-order valence-electron chi connectivity index (χ4n) is 6.54. The van der Waals surface area contributed by atoms with Gasteiger partial charge in [-0.05, 0) is 68.7 Å². The molecule has 5 rings (SSSR count). The molecule has 0 spiro atoms. The lowest BCUT2D eigenvalue weighted by atomic mass is 9.68. The smallest absolute Gasteiger partial charge is 0.316 e. The van der Waals surface area contributed by atoms with Crippen molar-refractivity contribution in [2.45, 2.75) is 75.7 Å². The molecule has 3 fully saturated rings. The maximum absolute atomic E-state index is 13.7. The van der Waals surface area contributed by atoms with Crippen molar-refractivity contribution in [3.05, 3.63) is 71.8 Å². The van der Waals surface area contributed by atoms with E-state index < -0.39 is 5.41 Å². The molecule has 0 bridgehead atoms. The molecule has 2 saturated carbocycles. The lowest BCUT2D eigenvalue weighted by Crippen LogP contribution is -2.48. The van der Waals surface area contributed by atoms with E-state index in [1.807, 2.05) is 6.07 Å². The van der Waals surface area contributed by atoms with E-state index >= 15 is 0 Å². The lowest BCUT2D eigenvalue weighted by molar-refractivity contribution is -0.171. The zero-order chi connectivity index (χ0) is 22.5. The van der Waals surface area contributed by atoms with Crippen LogP contribution in [0.4, 0.5) is 0 Å². The van der Waals surface area contributed by atoms with Crippen molar-refractivity contribution < 1.29 is 9.53 Å². The normalized spacial score (nSPS) is 27.5. The van der Waals surface area contributed by atoms with Gasteiger partial charge in [-0.3, -0.25) is 4.79 Å². The van der Waals surface area contributed by atoms with Crippen LogP contribution in [-0.2, 0) is 21.4 Å². The second-order valence-electron chi connectivity index (χ2n) is 10.6. The van der Waals surface area contributed by atoms with E-state index in [0.717, 1.165) is 64.0 Å². The molecule has 3 atom stereocenters. The summed E-state index contributed by atoms with van der Waals surface area (Å²) in [6.45, 7) is 3.44. The van der Waals surface area contributed by atoms with E-state index in [-0.39, 0.29) is 12.1 Å². The Morgan fingerprint density at radius 3 is 2.27 bits per heavy atom. The average Bonchev–Trinajstić information content (AvgIpc) is 3.20. The number of hydrogen-bond acceptors (Lipinski definition) is 3. The largest absolute Gasteiger partial charge is 0.461 e. The van der Waals surface area contributed by atoms with Gasteiger partial charge in [-0.15, -0.1) is 0 Å². The number of carbonyl (C=O) groups is 1. The van der Waals surface area contributed by atoms with Gasteiger partial charge in [0.15, 0.2) is 0 Å². The number of likely N-dealkylation sites (tertiary alicyclic amines) is 1. The minimum Gasteiger partial charge on any atom is -0.461 e. The van der Waals surface area contributed by atoms with Crippen molar-refractivity contribution in [3.8, 4) is 0 Å². The van der Waals surface area contributed by atoms with Crippen LogP contribution in [0.1, 0.15) is 68.9 Å². The Hall–Kier alpha value is -2.13. The molecule has 2 aromatic rings. The highest BCUT2D eigenvalue weighted by Crippen LogP contribution is 2.46. The minimum absolute atomic E-state index is 0.0595. The van der Waals surface area contributed by atoms with E-state index in [1.165, 1.54) is 36.9 Å². The van der Waals surface area contributed by atoms with Crippen LogP contribution in [0, 0.1) is 11.8 Å². The van der Waals surface area contributed by atoms with Crippen molar-refractivity contribution in [2.24, 2.45) is 11.8 Å². The van der Waals surface area contributed by atoms with E-state index in [4.69, 9.17) is 4.74 Å². The first-order valence-electron chi connectivity index (χ1n) is 13.3. The molecular formula is C30H39NO2. The zero-order valence-electron chi connectivity index (χ0n) is 20.0. The Morgan fingerprint density at radius 2 is 1.55 bits per heavy atom. The number of hydrogen-bond donors (Lipinski definition) is 0. The summed E-state index contributed by atoms with van der Waals surface area (Å²) in [6, 6.07) is 21.3. The van der Waals surface area contributed by atoms with Crippen molar-refractivity contribution in [1.82, 2.24) is 4.90 Å². The molecule has 0 radical (unpaired) electrons. The molecule has 1 heterocycles. The van der Waals surface area contributed by atoms with Crippen LogP contribution >= 0.6 is 0 Å². The van der Waals surface area contributed by atoms with Crippen molar-refractivity contribution in [3.63, 3.8) is 0 Å². The third-order valence-electron chi connectivity index (χ3n) is 8.71. The van der Waals surface area contributed by atoms with Crippen molar-refractivity contribution in [1.29, 1.82) is 0 Å². The predicted molar refractivity (Wildman–Crippen MR) is 133 cm³/mol. The van der Waals surface area contributed by atoms with E-state index in [0.29, 0.717) is 5.92 Å². The summed E-state index contributed by atoms with van der Waals surface area (Å²) in [5, 5.41) is 0. The highest BCUT2D eigenvalue weighted by molar-refractivity contribution is 5.83. The Morgan fingerprint density at radius 1 is 0.879 bits per heavy atom. The Bertz CT molecular complexity index is 888. The number of benzene rings is 2. The zero-order valence-corrected chi connectivity index (χ0v) is 20.0. The molecule has 0 amide bonds. The van der Waals surface area contributed by atoms with E-state index in [2.05, 4.69) is 59.5 Å². The molecule has 1 saturated heterocycles. The van der Waals surface area contributed by atoms with Gasteiger partial charge in [0.1, 0.15) is 6.10 Å². The second-order valence-corrected chi connectivity index (χ2v) is 10.6. The number of fused-ring (bicyclic) bond motifs is 1. The Balaban J connectivity index is 1.20. The van der Waals surface area contributed by atoms with Crippen LogP contribution in [-0.4, -0.2) is 36.6 Å². The third kappa shape index (κ3) is 5.04. The predicted octanol–water partition coefficient (Wildman–Crippen LogP) is 6.17. The Labute approximate surface area is 199 Å². The molecule has 2 aromatic carbocycles. The Kier molecular flexibility index (Phi) is 7.16.